The van der Waals surface area contributed by atoms with Crippen LogP contribution in [0.15, 0.2) is 0 Å². The molecule has 1 aliphatic rings. The first kappa shape index (κ1) is 14.0. The minimum Gasteiger partial charge on any atom is -0.372 e. The molecule has 0 radical (unpaired) electrons. The Bertz CT molecular complexity index is 378. The van der Waals surface area contributed by atoms with Gasteiger partial charge >= 0.3 is 0 Å². The zero-order valence-electron chi connectivity index (χ0n) is 11.7. The first-order chi connectivity index (χ1) is 8.76. The Morgan fingerprint density at radius 1 is 1.50 bits per heavy atom. The number of aromatic nitrogens is 1. The number of nitrogens with one attached hydrogen (secondary N) is 1. The second-order valence-electron chi connectivity index (χ2n) is 4.85. The van der Waals surface area contributed by atoms with E-state index in [4.69, 9.17) is 9.72 Å². The van der Waals surface area contributed by atoms with Crippen LogP contribution >= 0.6 is 11.3 Å². The maximum absolute atomic E-state index is 5.65. The summed E-state index contributed by atoms with van der Waals surface area (Å²) < 4.78 is 5.65. The van der Waals surface area contributed by atoms with Gasteiger partial charge in [-0.25, -0.2) is 4.98 Å². The Morgan fingerprint density at radius 3 is 3.06 bits per heavy atom. The molecule has 0 aliphatic heterocycles. The molecule has 0 saturated heterocycles. The van der Waals surface area contributed by atoms with Crippen molar-refractivity contribution in [2.45, 2.75) is 52.1 Å². The van der Waals surface area contributed by atoms with Crippen molar-refractivity contribution in [3.8, 4) is 0 Å². The van der Waals surface area contributed by atoms with Crippen molar-refractivity contribution in [3.05, 3.63) is 15.6 Å². The summed E-state index contributed by atoms with van der Waals surface area (Å²) >= 11 is 1.86. The lowest BCUT2D eigenvalue weighted by atomic mass is 9.91. The summed E-state index contributed by atoms with van der Waals surface area (Å²) in [6.07, 6.45) is 3.92. The minimum absolute atomic E-state index is 0.144. The van der Waals surface area contributed by atoms with Gasteiger partial charge in [-0.2, -0.15) is 0 Å². The Hall–Kier alpha value is -0.450. The summed E-state index contributed by atoms with van der Waals surface area (Å²) in [6.45, 7) is 9.17. The number of aryl methyl sites for hydroxylation is 1. The lowest BCUT2D eigenvalue weighted by Crippen LogP contribution is -2.24. The molecule has 1 aromatic heterocycles. The summed E-state index contributed by atoms with van der Waals surface area (Å²) in [6, 6.07) is 0. The fourth-order valence-electron chi connectivity index (χ4n) is 2.54. The van der Waals surface area contributed by atoms with Crippen LogP contribution < -0.4 is 5.32 Å². The summed E-state index contributed by atoms with van der Waals surface area (Å²) in [5.74, 6) is 0.604. The molecule has 102 valence electrons. The van der Waals surface area contributed by atoms with Crippen LogP contribution in [-0.2, 0) is 11.2 Å². The summed E-state index contributed by atoms with van der Waals surface area (Å²) in [5, 5.41) is 4.61. The highest BCUT2D eigenvalue weighted by molar-refractivity contribution is 7.11. The van der Waals surface area contributed by atoms with Crippen molar-refractivity contribution in [2.75, 3.05) is 19.7 Å². The predicted molar refractivity (Wildman–Crippen MR) is 76.4 cm³/mol. The Morgan fingerprint density at radius 2 is 2.33 bits per heavy atom. The van der Waals surface area contributed by atoms with Crippen LogP contribution in [0.1, 0.15) is 61.2 Å². The third kappa shape index (κ3) is 3.11. The Balaban J connectivity index is 2.12. The van der Waals surface area contributed by atoms with Gasteiger partial charge in [0.2, 0.25) is 0 Å². The van der Waals surface area contributed by atoms with Crippen LogP contribution in [0, 0.1) is 0 Å². The first-order valence-corrected chi connectivity index (χ1v) is 7.89. The van der Waals surface area contributed by atoms with Crippen molar-refractivity contribution in [1.29, 1.82) is 0 Å². The third-order valence-electron chi connectivity index (χ3n) is 3.49. The molecule has 4 heteroatoms. The van der Waals surface area contributed by atoms with Gasteiger partial charge in [-0.3, -0.25) is 0 Å². The monoisotopic (exact) mass is 268 g/mol. The van der Waals surface area contributed by atoms with E-state index in [1.54, 1.807) is 0 Å². The molecule has 0 amide bonds. The third-order valence-corrected chi connectivity index (χ3v) is 4.78. The van der Waals surface area contributed by atoms with Gasteiger partial charge in [0.05, 0.1) is 5.69 Å². The van der Waals surface area contributed by atoms with Gasteiger partial charge < -0.3 is 10.1 Å². The molecular weight excluding hydrogens is 244 g/mol. The first-order valence-electron chi connectivity index (χ1n) is 7.08. The summed E-state index contributed by atoms with van der Waals surface area (Å²) in [4.78, 5) is 6.35. The Labute approximate surface area is 114 Å². The maximum atomic E-state index is 5.65. The molecule has 2 atom stereocenters. The van der Waals surface area contributed by atoms with Crippen LogP contribution in [0.25, 0.3) is 0 Å². The fourth-order valence-corrected chi connectivity index (χ4v) is 3.73. The number of hydrogen-bond donors (Lipinski definition) is 1. The van der Waals surface area contributed by atoms with Gasteiger partial charge in [0.25, 0.3) is 0 Å². The van der Waals surface area contributed by atoms with E-state index >= 15 is 0 Å². The van der Waals surface area contributed by atoms with E-state index in [0.717, 1.165) is 24.7 Å². The van der Waals surface area contributed by atoms with Crippen LogP contribution in [0.2, 0.25) is 0 Å². The number of rotatable bonds is 6. The molecule has 1 aromatic rings. The normalized spacial score (nSPS) is 20.7. The summed E-state index contributed by atoms with van der Waals surface area (Å²) in [7, 11) is 0. The smallest absolute Gasteiger partial charge is 0.122 e. The highest BCUT2D eigenvalue weighted by atomic mass is 32.1. The molecule has 0 saturated carbocycles. The van der Waals surface area contributed by atoms with Gasteiger partial charge in [0.1, 0.15) is 11.1 Å². The van der Waals surface area contributed by atoms with Gasteiger partial charge in [0.15, 0.2) is 0 Å². The zero-order valence-corrected chi connectivity index (χ0v) is 12.5. The molecule has 0 spiro atoms. The SMILES string of the molecule is CCNCC1CCCc2sc(C(C)OCC)nc21. The van der Waals surface area contributed by atoms with E-state index in [0.29, 0.717) is 5.92 Å². The number of likely N-dealkylation sites (N-methyl/N-ethyl adjacent to an activating group) is 1. The molecule has 0 bridgehead atoms. The lowest BCUT2D eigenvalue weighted by Gasteiger charge is -2.21. The van der Waals surface area contributed by atoms with E-state index in [1.165, 1.54) is 29.8 Å². The predicted octanol–water partition coefficient (Wildman–Crippen LogP) is 3.27. The molecule has 2 unspecified atom stereocenters. The molecule has 3 nitrogen and oxygen atoms in total. The largest absolute Gasteiger partial charge is 0.372 e. The van der Waals surface area contributed by atoms with Crippen LogP contribution in [0.3, 0.4) is 0 Å². The van der Waals surface area contributed by atoms with E-state index in [9.17, 15) is 0 Å². The van der Waals surface area contributed by atoms with Crippen LogP contribution in [0.5, 0.6) is 0 Å². The highest BCUT2D eigenvalue weighted by Gasteiger charge is 2.25. The maximum Gasteiger partial charge on any atom is 0.122 e. The molecule has 2 rings (SSSR count). The van der Waals surface area contributed by atoms with E-state index in [-0.39, 0.29) is 6.10 Å². The number of fused-ring (bicyclic) bond motifs is 1. The van der Waals surface area contributed by atoms with E-state index in [2.05, 4.69) is 19.2 Å². The van der Waals surface area contributed by atoms with Crippen molar-refractivity contribution in [3.63, 3.8) is 0 Å². The molecule has 1 N–H and O–H groups in total. The second-order valence-corrected chi connectivity index (χ2v) is 5.97. The van der Waals surface area contributed by atoms with Crippen LogP contribution in [0.4, 0.5) is 0 Å². The van der Waals surface area contributed by atoms with Crippen LogP contribution in [-0.4, -0.2) is 24.7 Å². The second kappa shape index (κ2) is 6.64. The molecule has 18 heavy (non-hydrogen) atoms. The van der Waals surface area contributed by atoms with Gasteiger partial charge in [-0.05, 0) is 39.7 Å². The quantitative estimate of drug-likeness (QED) is 0.860. The van der Waals surface area contributed by atoms with Gasteiger partial charge in [-0.15, -0.1) is 11.3 Å². The van der Waals surface area contributed by atoms with Crippen molar-refractivity contribution in [1.82, 2.24) is 10.3 Å². The van der Waals surface area contributed by atoms with E-state index in [1.807, 2.05) is 18.3 Å². The van der Waals surface area contributed by atoms with Gasteiger partial charge in [-0.1, -0.05) is 6.92 Å². The number of nitrogens with zero attached hydrogens (tertiary/aromatic N) is 1. The minimum atomic E-state index is 0.144. The van der Waals surface area contributed by atoms with Crippen molar-refractivity contribution >= 4 is 11.3 Å². The lowest BCUT2D eigenvalue weighted by molar-refractivity contribution is 0.0760. The average Bonchev–Trinajstić information content (AvgIpc) is 2.81. The number of hydrogen-bond acceptors (Lipinski definition) is 4. The molecule has 1 aliphatic carbocycles. The molecular formula is C14H24N2OS. The molecule has 0 aromatic carbocycles. The summed E-state index contributed by atoms with van der Waals surface area (Å²) in [5.41, 5.74) is 1.34. The van der Waals surface area contributed by atoms with Crippen molar-refractivity contribution < 1.29 is 4.74 Å². The van der Waals surface area contributed by atoms with Gasteiger partial charge in [0, 0.05) is 23.9 Å². The highest BCUT2D eigenvalue weighted by Crippen LogP contribution is 2.36. The molecule has 1 heterocycles. The van der Waals surface area contributed by atoms with Crippen molar-refractivity contribution in [2.24, 2.45) is 0 Å². The fraction of sp³-hybridized carbons (Fsp3) is 0.786. The standard InChI is InChI=1S/C14H24N2OS/c1-4-15-9-11-7-6-8-12-13(11)16-14(18-12)10(3)17-5-2/h10-11,15H,4-9H2,1-3H3. The number of ether oxygens (including phenoxy) is 1. The molecule has 0 fully saturated rings. The Kier molecular flexibility index (Phi) is 5.15. The zero-order chi connectivity index (χ0) is 13.0. The average molecular weight is 268 g/mol. The number of thiazole rings is 1. The topological polar surface area (TPSA) is 34.1 Å². The van der Waals surface area contributed by atoms with E-state index < -0.39 is 0 Å².